The molecule has 3 nitrogen and oxygen atoms in total. The minimum absolute atomic E-state index is 0.118. The Kier molecular flexibility index (Phi) is 5.13. The predicted octanol–water partition coefficient (Wildman–Crippen LogP) is 11.0. The first-order chi connectivity index (χ1) is 22.8. The predicted molar refractivity (Wildman–Crippen MR) is 194 cm³/mol. The van der Waals surface area contributed by atoms with Crippen LogP contribution in [-0.2, 0) is 10.8 Å². The maximum atomic E-state index is 5.74. The summed E-state index contributed by atoms with van der Waals surface area (Å²) in [6.45, 7) is 9.26. The van der Waals surface area contributed by atoms with Crippen molar-refractivity contribution in [3.63, 3.8) is 0 Å². The SMILES string of the molecule is CC1(C)c2ccccc2-c2c(-c3nc4c(nc3-n3c5ccccc5c5cc6ccccc6cc53)-c3ccccc3C4(C)C)cccc21. The van der Waals surface area contributed by atoms with E-state index in [0.717, 1.165) is 39.5 Å². The van der Waals surface area contributed by atoms with Gasteiger partial charge >= 0.3 is 0 Å². The molecule has 2 heterocycles. The van der Waals surface area contributed by atoms with Gasteiger partial charge in [0, 0.05) is 32.7 Å². The van der Waals surface area contributed by atoms with Gasteiger partial charge in [-0.05, 0) is 56.8 Å². The molecule has 6 aromatic carbocycles. The smallest absolute Gasteiger partial charge is 0.165 e. The Labute approximate surface area is 274 Å². The van der Waals surface area contributed by atoms with Crippen molar-refractivity contribution >= 4 is 32.6 Å². The van der Waals surface area contributed by atoms with Gasteiger partial charge in [-0.25, -0.2) is 9.97 Å². The third kappa shape index (κ3) is 3.41. The normalized spacial score (nSPS) is 15.1. The topological polar surface area (TPSA) is 30.7 Å². The van der Waals surface area contributed by atoms with Crippen LogP contribution >= 0.6 is 0 Å². The second-order valence-corrected chi connectivity index (χ2v) is 14.2. The molecule has 0 unspecified atom stereocenters. The minimum Gasteiger partial charge on any atom is -0.292 e. The van der Waals surface area contributed by atoms with Crippen LogP contribution in [0.3, 0.4) is 0 Å². The fourth-order valence-electron chi connectivity index (χ4n) is 8.58. The summed E-state index contributed by atoms with van der Waals surface area (Å²) in [5, 5.41) is 4.88. The summed E-state index contributed by atoms with van der Waals surface area (Å²) >= 11 is 0. The highest BCUT2D eigenvalue weighted by Gasteiger charge is 2.41. The zero-order valence-corrected chi connectivity index (χ0v) is 27.0. The van der Waals surface area contributed by atoms with Gasteiger partial charge in [0.2, 0.25) is 0 Å². The number of aromatic nitrogens is 3. The number of nitrogens with zero attached hydrogens (tertiary/aromatic N) is 3. The number of benzene rings is 6. The van der Waals surface area contributed by atoms with E-state index in [-0.39, 0.29) is 10.8 Å². The standard InChI is InChI=1S/C44H33N3/c1-43(2)33-20-10-7-17-29(33)38-31(19-13-22-35(38)43)40-42(46-39-30-18-8-11-21-34(30)44(3,4)41(39)45-40)47-36-23-12-9-16-28(36)32-24-26-14-5-6-15-27(26)25-37(32)47/h5-25H,1-4H3. The molecule has 10 rings (SSSR count). The van der Waals surface area contributed by atoms with Crippen molar-refractivity contribution in [3.8, 4) is 39.5 Å². The van der Waals surface area contributed by atoms with Crippen LogP contribution in [0.1, 0.15) is 50.1 Å². The summed E-state index contributed by atoms with van der Waals surface area (Å²) in [6, 6.07) is 46.4. The maximum Gasteiger partial charge on any atom is 0.165 e. The van der Waals surface area contributed by atoms with Gasteiger partial charge in [-0.2, -0.15) is 0 Å². The number of hydrogen-bond acceptors (Lipinski definition) is 2. The van der Waals surface area contributed by atoms with E-state index in [1.165, 1.54) is 54.9 Å². The van der Waals surface area contributed by atoms with Gasteiger partial charge in [0.15, 0.2) is 5.82 Å². The van der Waals surface area contributed by atoms with E-state index in [1.807, 2.05) is 0 Å². The number of para-hydroxylation sites is 1. The van der Waals surface area contributed by atoms with Gasteiger partial charge in [0.25, 0.3) is 0 Å². The van der Waals surface area contributed by atoms with Crippen LogP contribution in [0.25, 0.3) is 72.0 Å². The first-order valence-corrected chi connectivity index (χ1v) is 16.5. The van der Waals surface area contributed by atoms with Crippen LogP contribution < -0.4 is 0 Å². The quantitative estimate of drug-likeness (QED) is 0.197. The number of fused-ring (bicyclic) bond motifs is 10. The highest BCUT2D eigenvalue weighted by Crippen LogP contribution is 2.54. The minimum atomic E-state index is -0.279. The molecule has 0 aliphatic heterocycles. The summed E-state index contributed by atoms with van der Waals surface area (Å²) in [5.41, 5.74) is 13.6. The van der Waals surface area contributed by atoms with E-state index in [1.54, 1.807) is 0 Å². The Hall–Kier alpha value is -5.54. The van der Waals surface area contributed by atoms with Gasteiger partial charge in [-0.15, -0.1) is 0 Å². The maximum absolute atomic E-state index is 5.74. The van der Waals surface area contributed by atoms with E-state index < -0.39 is 0 Å². The van der Waals surface area contributed by atoms with Crippen LogP contribution in [0.5, 0.6) is 0 Å². The van der Waals surface area contributed by atoms with E-state index in [0.29, 0.717) is 0 Å². The van der Waals surface area contributed by atoms with Gasteiger partial charge in [0.05, 0.1) is 22.4 Å². The van der Waals surface area contributed by atoms with Crippen LogP contribution in [0.15, 0.2) is 127 Å². The molecule has 2 aliphatic rings. The fraction of sp³-hybridized carbons (Fsp3) is 0.136. The average Bonchev–Trinajstić information content (AvgIpc) is 3.63. The van der Waals surface area contributed by atoms with Gasteiger partial charge < -0.3 is 0 Å². The zero-order chi connectivity index (χ0) is 31.7. The van der Waals surface area contributed by atoms with Crippen molar-refractivity contribution in [2.75, 3.05) is 0 Å². The molecule has 47 heavy (non-hydrogen) atoms. The molecule has 2 aliphatic carbocycles. The van der Waals surface area contributed by atoms with E-state index in [2.05, 4.69) is 160 Å². The van der Waals surface area contributed by atoms with E-state index >= 15 is 0 Å². The Morgan fingerprint density at radius 3 is 1.89 bits per heavy atom. The van der Waals surface area contributed by atoms with Crippen molar-refractivity contribution in [3.05, 3.63) is 150 Å². The second-order valence-electron chi connectivity index (χ2n) is 14.2. The number of rotatable bonds is 2. The molecule has 0 atom stereocenters. The molecule has 224 valence electrons. The van der Waals surface area contributed by atoms with Crippen molar-refractivity contribution in [1.82, 2.24) is 14.5 Å². The molecule has 0 fully saturated rings. The van der Waals surface area contributed by atoms with Crippen molar-refractivity contribution < 1.29 is 0 Å². The Morgan fingerprint density at radius 2 is 1.09 bits per heavy atom. The van der Waals surface area contributed by atoms with Gasteiger partial charge in [-0.1, -0.05) is 137 Å². The van der Waals surface area contributed by atoms with E-state index in [4.69, 9.17) is 9.97 Å². The lowest BCUT2D eigenvalue weighted by Crippen LogP contribution is -2.18. The van der Waals surface area contributed by atoms with E-state index in [9.17, 15) is 0 Å². The lowest BCUT2D eigenvalue weighted by molar-refractivity contribution is 0.635. The monoisotopic (exact) mass is 603 g/mol. The Bertz CT molecular complexity index is 2640. The summed E-state index contributed by atoms with van der Waals surface area (Å²) in [5.74, 6) is 0.869. The van der Waals surface area contributed by atoms with Crippen LogP contribution in [0.2, 0.25) is 0 Å². The molecular formula is C44H33N3. The molecule has 3 heteroatoms. The van der Waals surface area contributed by atoms with Crippen molar-refractivity contribution in [1.29, 1.82) is 0 Å². The zero-order valence-electron chi connectivity index (χ0n) is 27.0. The van der Waals surface area contributed by atoms with Crippen molar-refractivity contribution in [2.45, 2.75) is 38.5 Å². The van der Waals surface area contributed by atoms with Crippen molar-refractivity contribution in [2.24, 2.45) is 0 Å². The first kappa shape index (κ1) is 26.7. The Morgan fingerprint density at radius 1 is 0.468 bits per heavy atom. The average molecular weight is 604 g/mol. The van der Waals surface area contributed by atoms with Crippen LogP contribution in [0, 0.1) is 0 Å². The highest BCUT2D eigenvalue weighted by atomic mass is 15.1. The lowest BCUT2D eigenvalue weighted by Gasteiger charge is -2.23. The molecule has 0 N–H and O–H groups in total. The molecule has 0 bridgehead atoms. The Balaban J connectivity index is 1.39. The summed E-state index contributed by atoms with van der Waals surface area (Å²) < 4.78 is 2.37. The van der Waals surface area contributed by atoms with Crippen LogP contribution in [0.4, 0.5) is 0 Å². The molecule has 0 saturated carbocycles. The summed E-state index contributed by atoms with van der Waals surface area (Å²) in [7, 11) is 0. The molecule has 0 radical (unpaired) electrons. The summed E-state index contributed by atoms with van der Waals surface area (Å²) in [4.78, 5) is 11.4. The second kappa shape index (κ2) is 9.04. The number of hydrogen-bond donors (Lipinski definition) is 0. The largest absolute Gasteiger partial charge is 0.292 e. The van der Waals surface area contributed by atoms with Gasteiger partial charge in [-0.3, -0.25) is 4.57 Å². The molecule has 0 amide bonds. The fourth-order valence-corrected chi connectivity index (χ4v) is 8.58. The van der Waals surface area contributed by atoms with Crippen LogP contribution in [-0.4, -0.2) is 14.5 Å². The molecule has 0 saturated heterocycles. The summed E-state index contributed by atoms with van der Waals surface area (Å²) in [6.07, 6.45) is 0. The molecule has 2 aromatic heterocycles. The molecule has 8 aromatic rings. The molecule has 0 spiro atoms. The third-order valence-electron chi connectivity index (χ3n) is 10.9. The lowest BCUT2D eigenvalue weighted by atomic mass is 9.82. The molecular weight excluding hydrogens is 571 g/mol. The first-order valence-electron chi connectivity index (χ1n) is 16.5. The highest BCUT2D eigenvalue weighted by molar-refractivity contribution is 6.14. The van der Waals surface area contributed by atoms with Gasteiger partial charge in [0.1, 0.15) is 5.69 Å². The third-order valence-corrected chi connectivity index (χ3v) is 10.9.